The summed E-state index contributed by atoms with van der Waals surface area (Å²) in [4.78, 5) is 10.8. The van der Waals surface area contributed by atoms with Crippen molar-refractivity contribution >= 4 is 22.9 Å². The predicted molar refractivity (Wildman–Crippen MR) is 57.9 cm³/mol. The standard InChI is InChI=1S/C10H9N3OS/c1-8(14)12-9-2-4-10(5-3-9)13-7-15-6-11-13/h2-7H,1H3/p+1. The summed E-state index contributed by atoms with van der Waals surface area (Å²) in [5.41, 5.74) is 5.45. The second-order valence-electron chi connectivity index (χ2n) is 3.04. The Morgan fingerprint density at radius 3 is 2.67 bits per heavy atom. The molecule has 0 atom stereocenters. The molecule has 5 heteroatoms. The largest absolute Gasteiger partial charge is 0.326 e. The first-order valence-corrected chi connectivity index (χ1v) is 5.38. The third-order valence-electron chi connectivity index (χ3n) is 1.85. The maximum absolute atomic E-state index is 10.8. The van der Waals surface area contributed by atoms with Gasteiger partial charge in [0, 0.05) is 29.8 Å². The van der Waals surface area contributed by atoms with Gasteiger partial charge in [-0.25, -0.2) is 0 Å². The molecule has 2 rings (SSSR count). The second kappa shape index (κ2) is 4.18. The van der Waals surface area contributed by atoms with Crippen molar-refractivity contribution in [1.82, 2.24) is 5.10 Å². The van der Waals surface area contributed by atoms with E-state index in [1.807, 2.05) is 29.8 Å². The summed E-state index contributed by atoms with van der Waals surface area (Å²) in [5, 5.41) is 6.84. The van der Waals surface area contributed by atoms with E-state index in [0.29, 0.717) is 0 Å². The van der Waals surface area contributed by atoms with Gasteiger partial charge in [0.25, 0.3) is 5.51 Å². The molecule has 0 aliphatic heterocycles. The lowest BCUT2D eigenvalue weighted by Gasteiger charge is -1.99. The smallest absolute Gasteiger partial charge is 0.259 e. The minimum atomic E-state index is -0.0657. The first kappa shape index (κ1) is 9.79. The molecule has 0 aliphatic rings. The highest BCUT2D eigenvalue weighted by atomic mass is 32.1. The average molecular weight is 220 g/mol. The van der Waals surface area contributed by atoms with E-state index in [9.17, 15) is 4.79 Å². The van der Waals surface area contributed by atoms with E-state index >= 15 is 0 Å². The average Bonchev–Trinajstić information content (AvgIpc) is 2.71. The van der Waals surface area contributed by atoms with Gasteiger partial charge in [0.2, 0.25) is 11.6 Å². The Balaban J connectivity index is 2.21. The van der Waals surface area contributed by atoms with Gasteiger partial charge in [-0.05, 0) is 16.8 Å². The van der Waals surface area contributed by atoms with Crippen LogP contribution < -0.4 is 10.00 Å². The number of amides is 1. The van der Waals surface area contributed by atoms with Crippen LogP contribution in [0.15, 0.2) is 35.3 Å². The van der Waals surface area contributed by atoms with Crippen LogP contribution in [0.1, 0.15) is 6.92 Å². The summed E-state index contributed by atoms with van der Waals surface area (Å²) in [6.07, 6.45) is 0. The summed E-state index contributed by atoms with van der Waals surface area (Å²) >= 11 is 1.53. The van der Waals surface area contributed by atoms with Crippen LogP contribution >= 0.6 is 11.3 Å². The SMILES string of the molecule is CC(=O)Nc1ccc(-[n+]2cscn2)cc1. The summed E-state index contributed by atoms with van der Waals surface area (Å²) in [6.45, 7) is 1.49. The lowest BCUT2D eigenvalue weighted by molar-refractivity contribution is -0.653. The Morgan fingerprint density at radius 2 is 2.13 bits per heavy atom. The number of hydrogen-bond donors (Lipinski definition) is 1. The topological polar surface area (TPSA) is 45.9 Å². The van der Waals surface area contributed by atoms with E-state index in [2.05, 4.69) is 10.4 Å². The minimum Gasteiger partial charge on any atom is -0.326 e. The van der Waals surface area contributed by atoms with Gasteiger partial charge in [-0.1, -0.05) is 11.3 Å². The number of carbonyl (C=O) groups is 1. The van der Waals surface area contributed by atoms with Gasteiger partial charge >= 0.3 is 0 Å². The number of benzene rings is 1. The molecule has 76 valence electrons. The van der Waals surface area contributed by atoms with Gasteiger partial charge in [-0.3, -0.25) is 4.79 Å². The van der Waals surface area contributed by atoms with Crippen molar-refractivity contribution in [2.24, 2.45) is 0 Å². The normalized spacial score (nSPS) is 9.93. The molecule has 1 amide bonds. The van der Waals surface area contributed by atoms with Crippen molar-refractivity contribution in [2.75, 3.05) is 5.32 Å². The molecule has 0 spiro atoms. The molecule has 15 heavy (non-hydrogen) atoms. The van der Waals surface area contributed by atoms with Gasteiger partial charge in [0.05, 0.1) is 0 Å². The molecule has 0 bridgehead atoms. The zero-order chi connectivity index (χ0) is 10.7. The van der Waals surface area contributed by atoms with Gasteiger partial charge in [-0.15, -0.1) is 0 Å². The molecule has 1 heterocycles. The Bertz CT molecular complexity index is 450. The maximum atomic E-state index is 10.8. The van der Waals surface area contributed by atoms with Gasteiger partial charge in [0.15, 0.2) is 5.51 Å². The lowest BCUT2D eigenvalue weighted by Crippen LogP contribution is -2.30. The van der Waals surface area contributed by atoms with Crippen LogP contribution in [0, 0.1) is 0 Å². The van der Waals surface area contributed by atoms with Crippen LogP contribution in [-0.4, -0.2) is 11.0 Å². The molecule has 0 radical (unpaired) electrons. The van der Waals surface area contributed by atoms with E-state index < -0.39 is 0 Å². The van der Waals surface area contributed by atoms with E-state index in [0.717, 1.165) is 11.4 Å². The highest BCUT2D eigenvalue weighted by Crippen LogP contribution is 2.08. The Morgan fingerprint density at radius 1 is 1.40 bits per heavy atom. The summed E-state index contributed by atoms with van der Waals surface area (Å²) < 4.78 is 1.78. The fraction of sp³-hybridized carbons (Fsp3) is 0.100. The van der Waals surface area contributed by atoms with E-state index in [4.69, 9.17) is 0 Å². The predicted octanol–water partition coefficient (Wildman–Crippen LogP) is 1.38. The molecule has 0 fully saturated rings. The lowest BCUT2D eigenvalue weighted by atomic mass is 10.3. The van der Waals surface area contributed by atoms with E-state index in [1.165, 1.54) is 18.3 Å². The molecule has 1 aromatic heterocycles. The van der Waals surface area contributed by atoms with Crippen LogP contribution in [0.4, 0.5) is 5.69 Å². The van der Waals surface area contributed by atoms with Gasteiger partial charge < -0.3 is 5.32 Å². The van der Waals surface area contributed by atoms with Crippen molar-refractivity contribution in [3.05, 3.63) is 35.3 Å². The second-order valence-corrected chi connectivity index (χ2v) is 3.73. The van der Waals surface area contributed by atoms with Crippen molar-refractivity contribution < 1.29 is 9.48 Å². The summed E-state index contributed by atoms with van der Waals surface area (Å²) in [6, 6.07) is 7.52. The minimum absolute atomic E-state index is 0.0657. The zero-order valence-electron chi connectivity index (χ0n) is 8.18. The van der Waals surface area contributed by atoms with Crippen LogP contribution in [-0.2, 0) is 4.79 Å². The summed E-state index contributed by atoms with van der Waals surface area (Å²) in [7, 11) is 0. The molecular formula is C10H10N3OS+. The fourth-order valence-electron chi connectivity index (χ4n) is 1.22. The Hall–Kier alpha value is -1.75. The summed E-state index contributed by atoms with van der Waals surface area (Å²) in [5.74, 6) is -0.0657. The van der Waals surface area contributed by atoms with Crippen LogP contribution in [0.25, 0.3) is 5.69 Å². The molecule has 1 N–H and O–H groups in total. The monoisotopic (exact) mass is 220 g/mol. The molecule has 2 aromatic rings. The first-order chi connectivity index (χ1) is 7.25. The van der Waals surface area contributed by atoms with Crippen molar-refractivity contribution in [1.29, 1.82) is 0 Å². The van der Waals surface area contributed by atoms with E-state index in [1.54, 1.807) is 10.2 Å². The molecule has 0 aliphatic carbocycles. The molecular weight excluding hydrogens is 210 g/mol. The maximum Gasteiger partial charge on any atom is 0.259 e. The first-order valence-electron chi connectivity index (χ1n) is 4.44. The molecule has 1 aromatic carbocycles. The molecule has 0 saturated heterocycles. The number of nitrogens with zero attached hydrogens (tertiary/aromatic N) is 2. The third-order valence-corrected chi connectivity index (χ3v) is 2.38. The van der Waals surface area contributed by atoms with E-state index in [-0.39, 0.29) is 5.91 Å². The molecule has 4 nitrogen and oxygen atoms in total. The van der Waals surface area contributed by atoms with Crippen LogP contribution in [0.3, 0.4) is 0 Å². The van der Waals surface area contributed by atoms with Crippen molar-refractivity contribution in [2.45, 2.75) is 6.92 Å². The van der Waals surface area contributed by atoms with Crippen LogP contribution in [0.5, 0.6) is 0 Å². The number of carbonyl (C=O) groups excluding carboxylic acids is 1. The Kier molecular flexibility index (Phi) is 2.73. The molecule has 0 unspecified atom stereocenters. The van der Waals surface area contributed by atoms with Crippen molar-refractivity contribution in [3.8, 4) is 5.69 Å². The van der Waals surface area contributed by atoms with Crippen molar-refractivity contribution in [3.63, 3.8) is 0 Å². The highest BCUT2D eigenvalue weighted by Gasteiger charge is 2.07. The number of rotatable bonds is 2. The number of aromatic nitrogens is 2. The highest BCUT2D eigenvalue weighted by molar-refractivity contribution is 7.06. The fourth-order valence-corrected chi connectivity index (χ4v) is 1.72. The number of anilines is 1. The van der Waals surface area contributed by atoms with Gasteiger partial charge in [0.1, 0.15) is 0 Å². The van der Waals surface area contributed by atoms with Crippen LogP contribution in [0.2, 0.25) is 0 Å². The third kappa shape index (κ3) is 2.38. The van der Waals surface area contributed by atoms with Gasteiger partial charge in [-0.2, -0.15) is 0 Å². The quantitative estimate of drug-likeness (QED) is 0.777. The number of hydrogen-bond acceptors (Lipinski definition) is 3. The number of nitrogens with one attached hydrogen (secondary N) is 1. The zero-order valence-corrected chi connectivity index (χ0v) is 8.99. The Labute approximate surface area is 91.2 Å². The molecule has 0 saturated carbocycles.